The summed E-state index contributed by atoms with van der Waals surface area (Å²) in [7, 11) is 0. The van der Waals surface area contributed by atoms with Crippen LogP contribution in [0.15, 0.2) is 48.5 Å². The maximum absolute atomic E-state index is 12.6. The van der Waals surface area contributed by atoms with Crippen molar-refractivity contribution in [1.29, 1.82) is 0 Å². The summed E-state index contributed by atoms with van der Waals surface area (Å²) >= 11 is 5.93. The van der Waals surface area contributed by atoms with Gasteiger partial charge in [-0.3, -0.25) is 10.2 Å². The lowest BCUT2D eigenvalue weighted by molar-refractivity contribution is -0.125. The average Bonchev–Trinajstić information content (AvgIpc) is 3.04. The molecule has 1 heterocycles. The van der Waals surface area contributed by atoms with Crippen LogP contribution in [-0.2, 0) is 11.3 Å². The van der Waals surface area contributed by atoms with Gasteiger partial charge in [0.2, 0.25) is 5.91 Å². The molecule has 0 spiro atoms. The Morgan fingerprint density at radius 3 is 2.70 bits per heavy atom. The highest BCUT2D eigenvalue weighted by Crippen LogP contribution is 2.26. The zero-order valence-electron chi connectivity index (χ0n) is 13.0. The molecule has 0 aromatic heterocycles. The third kappa shape index (κ3) is 3.72. The number of hydrogen-bond donors (Lipinski definition) is 3. The van der Waals surface area contributed by atoms with Gasteiger partial charge in [-0.15, -0.1) is 0 Å². The zero-order chi connectivity index (χ0) is 16.2. The van der Waals surface area contributed by atoms with Gasteiger partial charge in [-0.05, 0) is 35.7 Å². The van der Waals surface area contributed by atoms with E-state index in [4.69, 9.17) is 11.6 Å². The molecule has 2 unspecified atom stereocenters. The average molecular weight is 330 g/mol. The minimum Gasteiger partial charge on any atom is -0.352 e. The number of amides is 1. The lowest BCUT2D eigenvalue weighted by Gasteiger charge is -2.19. The molecule has 0 aliphatic carbocycles. The minimum absolute atomic E-state index is 0.0469. The molecule has 1 saturated heterocycles. The van der Waals surface area contributed by atoms with E-state index in [0.717, 1.165) is 11.1 Å². The predicted octanol–water partition coefficient (Wildman–Crippen LogP) is 2.73. The van der Waals surface area contributed by atoms with Crippen molar-refractivity contribution < 1.29 is 4.79 Å². The van der Waals surface area contributed by atoms with E-state index >= 15 is 0 Å². The summed E-state index contributed by atoms with van der Waals surface area (Å²) in [5, 5.41) is 3.74. The van der Waals surface area contributed by atoms with Gasteiger partial charge in [-0.1, -0.05) is 48.0 Å². The van der Waals surface area contributed by atoms with Crippen LogP contribution in [0.25, 0.3) is 0 Å². The van der Waals surface area contributed by atoms with Crippen LogP contribution in [0.4, 0.5) is 0 Å². The Morgan fingerprint density at radius 2 is 1.96 bits per heavy atom. The molecular formula is C18H20ClN3O. The molecule has 2 aromatic rings. The molecule has 0 saturated carbocycles. The molecule has 1 aliphatic rings. The molecule has 1 amide bonds. The maximum Gasteiger partial charge on any atom is 0.226 e. The zero-order valence-corrected chi connectivity index (χ0v) is 13.7. The van der Waals surface area contributed by atoms with Crippen LogP contribution in [0.3, 0.4) is 0 Å². The Bertz CT molecular complexity index is 687. The Kier molecular flexibility index (Phi) is 4.96. The van der Waals surface area contributed by atoms with E-state index in [1.165, 1.54) is 5.56 Å². The molecule has 3 N–H and O–H groups in total. The Labute approximate surface area is 141 Å². The van der Waals surface area contributed by atoms with Gasteiger partial charge >= 0.3 is 0 Å². The molecule has 1 aliphatic heterocycles. The molecule has 0 radical (unpaired) electrons. The molecule has 2 aromatic carbocycles. The topological polar surface area (TPSA) is 53.2 Å². The van der Waals surface area contributed by atoms with Crippen LogP contribution in [0.5, 0.6) is 0 Å². The largest absolute Gasteiger partial charge is 0.352 e. The summed E-state index contributed by atoms with van der Waals surface area (Å²) in [6, 6.07) is 15.6. The Morgan fingerprint density at radius 1 is 1.22 bits per heavy atom. The van der Waals surface area contributed by atoms with E-state index < -0.39 is 0 Å². The van der Waals surface area contributed by atoms with Crippen LogP contribution >= 0.6 is 11.6 Å². The quantitative estimate of drug-likeness (QED) is 0.808. The standard InChI is InChI=1S/C18H20ClN3O/c1-12-4-2-3-5-14(12)10-20-18(23)16-11-21-22-17(16)13-6-8-15(19)9-7-13/h2-9,16-17,21-22H,10-11H2,1H3,(H,20,23). The SMILES string of the molecule is Cc1ccccc1CNC(=O)C1CNNC1c1ccc(Cl)cc1. The van der Waals surface area contributed by atoms with Gasteiger partial charge in [0.25, 0.3) is 0 Å². The molecule has 5 heteroatoms. The van der Waals surface area contributed by atoms with Crippen molar-refractivity contribution >= 4 is 17.5 Å². The number of carbonyl (C=O) groups is 1. The number of carbonyl (C=O) groups excluding carboxylic acids is 1. The number of aryl methyl sites for hydroxylation is 1. The molecule has 4 nitrogen and oxygen atoms in total. The summed E-state index contributed by atoms with van der Waals surface area (Å²) < 4.78 is 0. The molecule has 0 bridgehead atoms. The van der Waals surface area contributed by atoms with Crippen LogP contribution in [0.2, 0.25) is 5.02 Å². The summed E-state index contributed by atoms with van der Waals surface area (Å²) in [5.41, 5.74) is 9.64. The fourth-order valence-corrected chi connectivity index (χ4v) is 2.97. The van der Waals surface area contributed by atoms with Crippen LogP contribution < -0.4 is 16.2 Å². The van der Waals surface area contributed by atoms with Crippen molar-refractivity contribution in [2.75, 3.05) is 6.54 Å². The molecule has 23 heavy (non-hydrogen) atoms. The number of hydrogen-bond acceptors (Lipinski definition) is 3. The highest BCUT2D eigenvalue weighted by atomic mass is 35.5. The predicted molar refractivity (Wildman–Crippen MR) is 91.8 cm³/mol. The van der Waals surface area contributed by atoms with E-state index in [2.05, 4.69) is 29.2 Å². The first-order valence-corrected chi connectivity index (χ1v) is 8.09. The van der Waals surface area contributed by atoms with Crippen LogP contribution in [0, 0.1) is 12.8 Å². The van der Waals surface area contributed by atoms with E-state index in [0.29, 0.717) is 18.1 Å². The van der Waals surface area contributed by atoms with Gasteiger partial charge in [0.15, 0.2) is 0 Å². The van der Waals surface area contributed by atoms with Gasteiger partial charge < -0.3 is 5.32 Å². The first-order valence-electron chi connectivity index (χ1n) is 7.71. The second-order valence-corrected chi connectivity index (χ2v) is 6.24. The minimum atomic E-state index is -0.153. The Balaban J connectivity index is 1.66. The van der Waals surface area contributed by atoms with Crippen LogP contribution in [-0.4, -0.2) is 12.5 Å². The number of benzene rings is 2. The lowest BCUT2D eigenvalue weighted by Crippen LogP contribution is -2.34. The van der Waals surface area contributed by atoms with E-state index in [-0.39, 0.29) is 17.9 Å². The normalized spacial score (nSPS) is 20.4. The third-order valence-corrected chi connectivity index (χ3v) is 4.51. The second-order valence-electron chi connectivity index (χ2n) is 5.81. The van der Waals surface area contributed by atoms with E-state index in [9.17, 15) is 4.79 Å². The van der Waals surface area contributed by atoms with E-state index in [1.807, 2.05) is 42.5 Å². The van der Waals surface area contributed by atoms with Crippen molar-refractivity contribution in [2.24, 2.45) is 5.92 Å². The van der Waals surface area contributed by atoms with Crippen molar-refractivity contribution in [2.45, 2.75) is 19.5 Å². The molecule has 1 fully saturated rings. The van der Waals surface area contributed by atoms with Crippen molar-refractivity contribution in [3.8, 4) is 0 Å². The smallest absolute Gasteiger partial charge is 0.226 e. The molecular weight excluding hydrogens is 310 g/mol. The second kappa shape index (κ2) is 7.13. The molecule has 3 rings (SSSR count). The van der Waals surface area contributed by atoms with Crippen molar-refractivity contribution in [3.05, 3.63) is 70.2 Å². The van der Waals surface area contributed by atoms with Crippen LogP contribution in [0.1, 0.15) is 22.7 Å². The summed E-state index contributed by atoms with van der Waals surface area (Å²) in [4.78, 5) is 12.6. The number of nitrogens with one attached hydrogen (secondary N) is 3. The first kappa shape index (κ1) is 16.0. The van der Waals surface area contributed by atoms with Gasteiger partial charge in [-0.25, -0.2) is 5.43 Å². The molecule has 2 atom stereocenters. The number of rotatable bonds is 4. The van der Waals surface area contributed by atoms with E-state index in [1.54, 1.807) is 0 Å². The van der Waals surface area contributed by atoms with Crippen molar-refractivity contribution in [3.63, 3.8) is 0 Å². The number of hydrazine groups is 1. The summed E-state index contributed by atoms with van der Waals surface area (Å²) in [6.45, 7) is 3.21. The fraction of sp³-hybridized carbons (Fsp3) is 0.278. The highest BCUT2D eigenvalue weighted by molar-refractivity contribution is 6.30. The fourth-order valence-electron chi connectivity index (χ4n) is 2.85. The Hall–Kier alpha value is -1.88. The number of halogens is 1. The van der Waals surface area contributed by atoms with Gasteiger partial charge in [0.1, 0.15) is 0 Å². The third-order valence-electron chi connectivity index (χ3n) is 4.26. The van der Waals surface area contributed by atoms with Crippen molar-refractivity contribution in [1.82, 2.24) is 16.2 Å². The summed E-state index contributed by atoms with van der Waals surface area (Å²) in [5.74, 6) is -0.106. The van der Waals surface area contributed by atoms with Gasteiger partial charge in [0, 0.05) is 18.1 Å². The summed E-state index contributed by atoms with van der Waals surface area (Å²) in [6.07, 6.45) is 0. The van der Waals surface area contributed by atoms with Gasteiger partial charge in [0.05, 0.1) is 12.0 Å². The highest BCUT2D eigenvalue weighted by Gasteiger charge is 2.33. The molecule has 120 valence electrons. The maximum atomic E-state index is 12.6. The monoisotopic (exact) mass is 329 g/mol. The van der Waals surface area contributed by atoms with Gasteiger partial charge in [-0.2, -0.15) is 0 Å². The first-order chi connectivity index (χ1) is 11.1. The lowest BCUT2D eigenvalue weighted by atomic mass is 9.94.